The molecule has 17 heavy (non-hydrogen) atoms. The average Bonchev–Trinajstić information content (AvgIpc) is 2.29. The molecule has 2 aromatic rings. The van der Waals surface area contributed by atoms with E-state index in [1.54, 1.807) is 0 Å². The molecule has 1 atom stereocenters. The molecule has 0 saturated carbocycles. The fourth-order valence-corrected chi connectivity index (χ4v) is 1.88. The van der Waals surface area contributed by atoms with Crippen LogP contribution in [-0.2, 0) is 0 Å². The summed E-state index contributed by atoms with van der Waals surface area (Å²) in [5.74, 6) is 1.63. The van der Waals surface area contributed by atoms with E-state index in [0.717, 1.165) is 21.5 Å². The van der Waals surface area contributed by atoms with Crippen LogP contribution in [0.25, 0.3) is 0 Å². The van der Waals surface area contributed by atoms with Crippen LogP contribution in [0.15, 0.2) is 53.0 Å². The predicted octanol–water partition coefficient (Wildman–Crippen LogP) is 4.26. The number of hydrogen-bond acceptors (Lipinski definition) is 2. The van der Waals surface area contributed by atoms with Crippen LogP contribution in [0.4, 0.5) is 0 Å². The Balaban J connectivity index is 2.14. The van der Waals surface area contributed by atoms with Crippen molar-refractivity contribution < 1.29 is 4.74 Å². The zero-order chi connectivity index (χ0) is 12.3. The van der Waals surface area contributed by atoms with Gasteiger partial charge in [0.2, 0.25) is 0 Å². The molecule has 1 unspecified atom stereocenters. The predicted molar refractivity (Wildman–Crippen MR) is 73.3 cm³/mol. The summed E-state index contributed by atoms with van der Waals surface area (Å²) in [7, 11) is 0. The van der Waals surface area contributed by atoms with E-state index < -0.39 is 0 Å². The Bertz CT molecular complexity index is 494. The molecule has 0 bridgehead atoms. The van der Waals surface area contributed by atoms with Crippen molar-refractivity contribution in [2.45, 2.75) is 13.0 Å². The van der Waals surface area contributed by atoms with Gasteiger partial charge >= 0.3 is 0 Å². The molecule has 0 fully saturated rings. The van der Waals surface area contributed by atoms with Gasteiger partial charge in [-0.05, 0) is 42.8 Å². The maximum absolute atomic E-state index is 5.79. The second kappa shape index (κ2) is 5.34. The van der Waals surface area contributed by atoms with Gasteiger partial charge in [0.1, 0.15) is 11.5 Å². The van der Waals surface area contributed by atoms with Gasteiger partial charge in [0, 0.05) is 10.5 Å². The SMILES string of the molecule is CC(N)c1ccc(Oc2cccc(Br)c2)cc1. The van der Waals surface area contributed by atoms with Crippen molar-refractivity contribution in [1.82, 2.24) is 0 Å². The number of hydrogen-bond donors (Lipinski definition) is 1. The van der Waals surface area contributed by atoms with Crippen LogP contribution in [0.2, 0.25) is 0 Å². The zero-order valence-electron chi connectivity index (χ0n) is 9.56. The fourth-order valence-electron chi connectivity index (χ4n) is 1.51. The molecule has 0 spiro atoms. The smallest absolute Gasteiger partial charge is 0.128 e. The van der Waals surface area contributed by atoms with E-state index in [-0.39, 0.29) is 6.04 Å². The molecule has 2 rings (SSSR count). The van der Waals surface area contributed by atoms with Crippen molar-refractivity contribution in [1.29, 1.82) is 0 Å². The largest absolute Gasteiger partial charge is 0.457 e. The Hall–Kier alpha value is -1.32. The van der Waals surface area contributed by atoms with Crippen molar-refractivity contribution in [3.63, 3.8) is 0 Å². The molecule has 2 N–H and O–H groups in total. The number of benzene rings is 2. The van der Waals surface area contributed by atoms with Crippen molar-refractivity contribution in [2.24, 2.45) is 5.73 Å². The third kappa shape index (κ3) is 3.32. The second-order valence-electron chi connectivity index (χ2n) is 3.92. The molecule has 0 heterocycles. The molecule has 0 aliphatic heterocycles. The quantitative estimate of drug-likeness (QED) is 0.917. The molecular formula is C14H14BrNO. The first kappa shape index (κ1) is 12.1. The molecule has 0 saturated heterocycles. The highest BCUT2D eigenvalue weighted by atomic mass is 79.9. The molecule has 0 aliphatic carbocycles. The van der Waals surface area contributed by atoms with Gasteiger partial charge < -0.3 is 10.5 Å². The molecule has 0 aromatic heterocycles. The number of halogens is 1. The lowest BCUT2D eigenvalue weighted by molar-refractivity contribution is 0.482. The second-order valence-corrected chi connectivity index (χ2v) is 4.83. The van der Waals surface area contributed by atoms with Gasteiger partial charge in [0.25, 0.3) is 0 Å². The van der Waals surface area contributed by atoms with E-state index in [1.807, 2.05) is 55.5 Å². The van der Waals surface area contributed by atoms with Crippen molar-refractivity contribution in [3.8, 4) is 11.5 Å². The van der Waals surface area contributed by atoms with E-state index in [4.69, 9.17) is 10.5 Å². The first-order valence-electron chi connectivity index (χ1n) is 5.44. The number of nitrogens with two attached hydrogens (primary N) is 1. The fraction of sp³-hybridized carbons (Fsp3) is 0.143. The molecule has 2 aromatic carbocycles. The summed E-state index contributed by atoms with van der Waals surface area (Å²) in [5, 5.41) is 0. The Kier molecular flexibility index (Phi) is 3.82. The van der Waals surface area contributed by atoms with Gasteiger partial charge in [-0.25, -0.2) is 0 Å². The summed E-state index contributed by atoms with van der Waals surface area (Å²) in [5.41, 5.74) is 6.89. The van der Waals surface area contributed by atoms with Crippen molar-refractivity contribution in [2.75, 3.05) is 0 Å². The Morgan fingerprint density at radius 2 is 1.76 bits per heavy atom. The lowest BCUT2D eigenvalue weighted by atomic mass is 10.1. The Morgan fingerprint density at radius 3 is 2.35 bits per heavy atom. The van der Waals surface area contributed by atoms with Crippen molar-refractivity contribution in [3.05, 3.63) is 58.6 Å². The van der Waals surface area contributed by atoms with Crippen LogP contribution in [0, 0.1) is 0 Å². The van der Waals surface area contributed by atoms with Gasteiger partial charge in [-0.3, -0.25) is 0 Å². The summed E-state index contributed by atoms with van der Waals surface area (Å²) in [6.07, 6.45) is 0. The van der Waals surface area contributed by atoms with Gasteiger partial charge in [0.05, 0.1) is 0 Å². The van der Waals surface area contributed by atoms with E-state index >= 15 is 0 Å². The first-order valence-corrected chi connectivity index (χ1v) is 6.23. The van der Waals surface area contributed by atoms with Crippen LogP contribution in [0.1, 0.15) is 18.5 Å². The number of ether oxygens (including phenoxy) is 1. The maximum atomic E-state index is 5.79. The molecule has 3 heteroatoms. The van der Waals surface area contributed by atoms with Gasteiger partial charge in [-0.2, -0.15) is 0 Å². The summed E-state index contributed by atoms with van der Waals surface area (Å²) in [6, 6.07) is 15.6. The van der Waals surface area contributed by atoms with E-state index in [2.05, 4.69) is 15.9 Å². The third-order valence-corrected chi connectivity index (χ3v) is 2.93. The van der Waals surface area contributed by atoms with Crippen molar-refractivity contribution >= 4 is 15.9 Å². The van der Waals surface area contributed by atoms with Crippen LogP contribution >= 0.6 is 15.9 Å². The average molecular weight is 292 g/mol. The molecule has 0 radical (unpaired) electrons. The van der Waals surface area contributed by atoms with Crippen LogP contribution in [0.5, 0.6) is 11.5 Å². The minimum atomic E-state index is 0.0509. The summed E-state index contributed by atoms with van der Waals surface area (Å²) >= 11 is 3.41. The third-order valence-electron chi connectivity index (χ3n) is 2.44. The van der Waals surface area contributed by atoms with Crippen LogP contribution in [-0.4, -0.2) is 0 Å². The standard InChI is InChI=1S/C14H14BrNO/c1-10(16)11-5-7-13(8-6-11)17-14-4-2-3-12(15)9-14/h2-10H,16H2,1H3. The summed E-state index contributed by atoms with van der Waals surface area (Å²) < 4.78 is 6.73. The summed E-state index contributed by atoms with van der Waals surface area (Å²) in [4.78, 5) is 0. The summed E-state index contributed by atoms with van der Waals surface area (Å²) in [6.45, 7) is 1.96. The molecule has 0 amide bonds. The Labute approximate surface area is 110 Å². The van der Waals surface area contributed by atoms with Crippen LogP contribution in [0.3, 0.4) is 0 Å². The Morgan fingerprint density at radius 1 is 1.06 bits per heavy atom. The van der Waals surface area contributed by atoms with Gasteiger partial charge in [0.15, 0.2) is 0 Å². The zero-order valence-corrected chi connectivity index (χ0v) is 11.1. The number of rotatable bonds is 3. The lowest BCUT2D eigenvalue weighted by Gasteiger charge is -2.08. The minimum Gasteiger partial charge on any atom is -0.457 e. The van der Waals surface area contributed by atoms with Crippen LogP contribution < -0.4 is 10.5 Å². The lowest BCUT2D eigenvalue weighted by Crippen LogP contribution is -2.04. The highest BCUT2D eigenvalue weighted by molar-refractivity contribution is 9.10. The first-order chi connectivity index (χ1) is 8.15. The molecular weight excluding hydrogens is 278 g/mol. The van der Waals surface area contributed by atoms with E-state index in [1.165, 1.54) is 0 Å². The monoisotopic (exact) mass is 291 g/mol. The minimum absolute atomic E-state index is 0.0509. The molecule has 0 aliphatic rings. The van der Waals surface area contributed by atoms with E-state index in [9.17, 15) is 0 Å². The topological polar surface area (TPSA) is 35.2 Å². The maximum Gasteiger partial charge on any atom is 0.128 e. The highest BCUT2D eigenvalue weighted by Gasteiger charge is 2.01. The normalized spacial score (nSPS) is 12.2. The highest BCUT2D eigenvalue weighted by Crippen LogP contribution is 2.25. The van der Waals surface area contributed by atoms with Gasteiger partial charge in [-0.15, -0.1) is 0 Å². The molecule has 88 valence electrons. The van der Waals surface area contributed by atoms with E-state index in [0.29, 0.717) is 0 Å². The van der Waals surface area contributed by atoms with Gasteiger partial charge in [-0.1, -0.05) is 34.1 Å². The molecule has 2 nitrogen and oxygen atoms in total.